The van der Waals surface area contributed by atoms with E-state index in [1.54, 1.807) is 7.11 Å². The molecule has 244 valence electrons. The summed E-state index contributed by atoms with van der Waals surface area (Å²) < 4.78 is 11.7. The van der Waals surface area contributed by atoms with E-state index in [1.165, 1.54) is 5.56 Å². The third-order valence-electron chi connectivity index (χ3n) is 8.49. The van der Waals surface area contributed by atoms with E-state index in [4.69, 9.17) is 21.7 Å². The molecule has 5 heteroatoms. The monoisotopic (exact) mass is 668 g/mol. The molecule has 0 N–H and O–H groups in total. The number of thiocarbonyl (C=S) groups is 1. The molecular weight excluding hydrogens is 633 g/mol. The van der Waals surface area contributed by atoms with Crippen LogP contribution >= 0.6 is 12.2 Å². The maximum atomic E-state index is 6.25. The summed E-state index contributed by atoms with van der Waals surface area (Å²) in [5, 5.41) is 0. The average Bonchev–Trinajstić information content (AvgIpc) is 3.18. The summed E-state index contributed by atoms with van der Waals surface area (Å²) in [6.07, 6.45) is 0. The van der Waals surface area contributed by atoms with Gasteiger partial charge in [0.1, 0.15) is 17.2 Å². The number of rotatable bonds is 11. The van der Waals surface area contributed by atoms with Crippen molar-refractivity contribution in [3.63, 3.8) is 0 Å². The highest BCUT2D eigenvalue weighted by atomic mass is 32.1. The molecule has 0 fully saturated rings. The van der Waals surface area contributed by atoms with Crippen molar-refractivity contribution in [2.75, 3.05) is 16.9 Å². The minimum absolute atomic E-state index is 0.753. The molecule has 0 spiro atoms. The zero-order valence-corrected chi connectivity index (χ0v) is 28.8. The van der Waals surface area contributed by atoms with E-state index >= 15 is 0 Å². The van der Waals surface area contributed by atoms with Crippen LogP contribution in [0.1, 0.15) is 16.7 Å². The molecule has 0 aliphatic carbocycles. The topological polar surface area (TPSA) is 24.9 Å². The lowest BCUT2D eigenvalue weighted by Gasteiger charge is -2.28. The molecule has 0 bridgehead atoms. The smallest absolute Gasteiger partial charge is 0.127 e. The van der Waals surface area contributed by atoms with Crippen molar-refractivity contribution in [1.29, 1.82) is 0 Å². The molecule has 7 aromatic rings. The Hall–Kier alpha value is -6.17. The number of benzene rings is 7. The number of anilines is 6. The van der Waals surface area contributed by atoms with Gasteiger partial charge in [0.2, 0.25) is 0 Å². The molecule has 0 radical (unpaired) electrons. The molecule has 0 amide bonds. The van der Waals surface area contributed by atoms with E-state index in [9.17, 15) is 0 Å². The van der Waals surface area contributed by atoms with Crippen LogP contribution in [0.3, 0.4) is 0 Å². The summed E-state index contributed by atoms with van der Waals surface area (Å²) in [6.45, 7) is 2.08. The molecule has 0 heterocycles. The fraction of sp³-hybridized carbons (Fsp3) is 0.0444. The number of hydrogen-bond acceptors (Lipinski definition) is 5. The lowest BCUT2D eigenvalue weighted by Crippen LogP contribution is -2.12. The summed E-state index contributed by atoms with van der Waals surface area (Å²) >= 11 is 5.74. The Balaban J connectivity index is 1.13. The zero-order valence-electron chi connectivity index (χ0n) is 27.9. The Morgan fingerprint density at radius 2 is 0.720 bits per heavy atom. The van der Waals surface area contributed by atoms with Gasteiger partial charge in [0, 0.05) is 34.1 Å². The van der Waals surface area contributed by atoms with Crippen LogP contribution in [0, 0.1) is 6.92 Å². The van der Waals surface area contributed by atoms with Crippen LogP contribution in [0.5, 0.6) is 17.2 Å². The number of para-hydroxylation sites is 2. The van der Waals surface area contributed by atoms with Gasteiger partial charge in [0.05, 0.1) is 12.0 Å². The molecule has 7 rings (SSSR count). The lowest BCUT2D eigenvalue weighted by molar-refractivity contribution is 0.415. The van der Waals surface area contributed by atoms with E-state index in [0.717, 1.165) is 67.4 Å². The SMILES string of the molecule is COc1ccc(N(c2ccccc2)c2ccc(N(c3ccccc3)c3ccc(Oc4ccc(C(=S)c5ccc(C)cc5)cc4)cc3)cc2)cc1. The highest BCUT2D eigenvalue weighted by molar-refractivity contribution is 7.81. The minimum atomic E-state index is 0.753. The quantitative estimate of drug-likeness (QED) is 0.101. The first-order valence-electron chi connectivity index (χ1n) is 16.5. The van der Waals surface area contributed by atoms with E-state index in [0.29, 0.717) is 0 Å². The van der Waals surface area contributed by atoms with E-state index < -0.39 is 0 Å². The molecular formula is C45H36N2O2S. The third-order valence-corrected chi connectivity index (χ3v) is 8.96. The van der Waals surface area contributed by atoms with Gasteiger partial charge < -0.3 is 19.3 Å². The minimum Gasteiger partial charge on any atom is -0.497 e. The van der Waals surface area contributed by atoms with Gasteiger partial charge >= 0.3 is 0 Å². The van der Waals surface area contributed by atoms with Gasteiger partial charge in [-0.25, -0.2) is 0 Å². The van der Waals surface area contributed by atoms with Gasteiger partial charge in [-0.2, -0.15) is 0 Å². The highest BCUT2D eigenvalue weighted by Gasteiger charge is 2.16. The first-order chi connectivity index (χ1) is 24.6. The van der Waals surface area contributed by atoms with E-state index in [2.05, 4.69) is 138 Å². The van der Waals surface area contributed by atoms with Crippen molar-refractivity contribution < 1.29 is 9.47 Å². The van der Waals surface area contributed by atoms with Gasteiger partial charge in [-0.1, -0.05) is 78.4 Å². The van der Waals surface area contributed by atoms with Crippen molar-refractivity contribution in [2.24, 2.45) is 0 Å². The fourth-order valence-electron chi connectivity index (χ4n) is 5.88. The summed E-state index contributed by atoms with van der Waals surface area (Å²) in [5.74, 6) is 2.33. The molecule has 7 aromatic carbocycles. The standard InChI is InChI=1S/C45H36N2O2S/c1-33-13-15-34(16-14-33)45(50)35-17-27-43(28-18-35)49-44-31-25-41(26-32-44)47(37-11-7-4-8-12-37)39-21-19-38(20-22-39)46(36-9-5-3-6-10-36)40-23-29-42(48-2)30-24-40/h3-32H,1-2H3. The predicted octanol–water partition coefficient (Wildman–Crippen LogP) is 12.5. The Bertz CT molecular complexity index is 2150. The van der Waals surface area contributed by atoms with Gasteiger partial charge in [0.25, 0.3) is 0 Å². The highest BCUT2D eigenvalue weighted by Crippen LogP contribution is 2.40. The second-order valence-electron chi connectivity index (χ2n) is 11.9. The molecule has 0 unspecified atom stereocenters. The molecule has 50 heavy (non-hydrogen) atoms. The van der Waals surface area contributed by atoms with Crippen molar-refractivity contribution in [3.05, 3.63) is 199 Å². The van der Waals surface area contributed by atoms with Crippen molar-refractivity contribution in [3.8, 4) is 17.2 Å². The number of hydrogen-bond donors (Lipinski definition) is 0. The Morgan fingerprint density at radius 1 is 0.400 bits per heavy atom. The van der Waals surface area contributed by atoms with Crippen molar-refractivity contribution >= 4 is 51.2 Å². The Kier molecular flexibility index (Phi) is 9.67. The molecule has 0 saturated heterocycles. The normalized spacial score (nSPS) is 10.7. The molecule has 0 atom stereocenters. The number of aryl methyl sites for hydroxylation is 1. The molecule has 0 aromatic heterocycles. The van der Waals surface area contributed by atoms with Gasteiger partial charge in [-0.15, -0.1) is 0 Å². The maximum absolute atomic E-state index is 6.25. The number of nitrogens with zero attached hydrogens (tertiary/aromatic N) is 2. The average molecular weight is 669 g/mol. The fourth-order valence-corrected chi connectivity index (χ4v) is 6.15. The summed E-state index contributed by atoms with van der Waals surface area (Å²) in [5.41, 5.74) is 9.53. The Labute approximate surface area is 299 Å². The second kappa shape index (κ2) is 14.9. The van der Waals surface area contributed by atoms with Gasteiger partial charge in [0.15, 0.2) is 0 Å². The van der Waals surface area contributed by atoms with Crippen LogP contribution in [-0.2, 0) is 0 Å². The molecule has 0 aliphatic rings. The van der Waals surface area contributed by atoms with E-state index in [1.807, 2.05) is 60.7 Å². The molecule has 0 aliphatic heterocycles. The van der Waals surface area contributed by atoms with Gasteiger partial charge in [-0.05, 0) is 139 Å². The van der Waals surface area contributed by atoms with Crippen LogP contribution in [0.15, 0.2) is 182 Å². The first-order valence-corrected chi connectivity index (χ1v) is 16.9. The molecule has 0 saturated carbocycles. The lowest BCUT2D eigenvalue weighted by atomic mass is 10.0. The van der Waals surface area contributed by atoms with Crippen molar-refractivity contribution in [1.82, 2.24) is 0 Å². The van der Waals surface area contributed by atoms with Crippen LogP contribution in [0.4, 0.5) is 34.1 Å². The summed E-state index contributed by atoms with van der Waals surface area (Å²) in [6, 6.07) is 62.0. The van der Waals surface area contributed by atoms with Crippen LogP contribution < -0.4 is 19.3 Å². The largest absolute Gasteiger partial charge is 0.497 e. The van der Waals surface area contributed by atoms with Gasteiger partial charge in [-0.3, -0.25) is 0 Å². The third kappa shape index (κ3) is 7.29. The maximum Gasteiger partial charge on any atom is 0.127 e. The van der Waals surface area contributed by atoms with Crippen LogP contribution in [0.25, 0.3) is 0 Å². The Morgan fingerprint density at radius 3 is 1.12 bits per heavy atom. The first kappa shape index (κ1) is 32.4. The summed E-state index contributed by atoms with van der Waals surface area (Å²) in [7, 11) is 1.68. The zero-order chi connectivity index (χ0) is 34.3. The number of methoxy groups -OCH3 is 1. The number of ether oxygens (including phenoxy) is 2. The second-order valence-corrected chi connectivity index (χ2v) is 12.3. The van der Waals surface area contributed by atoms with Crippen LogP contribution in [0.2, 0.25) is 0 Å². The van der Waals surface area contributed by atoms with E-state index in [-0.39, 0.29) is 0 Å². The molecule has 4 nitrogen and oxygen atoms in total. The van der Waals surface area contributed by atoms with Crippen LogP contribution in [-0.4, -0.2) is 12.0 Å². The van der Waals surface area contributed by atoms with Crippen molar-refractivity contribution in [2.45, 2.75) is 6.92 Å². The predicted molar refractivity (Wildman–Crippen MR) is 211 cm³/mol. The summed E-state index contributed by atoms with van der Waals surface area (Å²) in [4.78, 5) is 5.31.